The second-order valence-corrected chi connectivity index (χ2v) is 3.90. The van der Waals surface area contributed by atoms with Crippen LogP contribution in [0, 0.1) is 11.3 Å². The summed E-state index contributed by atoms with van der Waals surface area (Å²) in [6.07, 6.45) is 2.82. The zero-order chi connectivity index (χ0) is 13.5. The fourth-order valence-corrected chi connectivity index (χ4v) is 1.62. The number of ketones is 1. The third-order valence-corrected chi connectivity index (χ3v) is 2.56. The fourth-order valence-electron chi connectivity index (χ4n) is 1.62. The van der Waals surface area contributed by atoms with Gasteiger partial charge in [0.15, 0.2) is 5.78 Å². The molecule has 19 heavy (non-hydrogen) atoms. The summed E-state index contributed by atoms with van der Waals surface area (Å²) in [6.45, 7) is 0.373. The number of hydrogen-bond acceptors (Lipinski definition) is 4. The lowest BCUT2D eigenvalue weighted by molar-refractivity contribution is 0.0993. The van der Waals surface area contributed by atoms with E-state index in [9.17, 15) is 4.79 Å². The van der Waals surface area contributed by atoms with Crippen molar-refractivity contribution in [1.82, 2.24) is 4.98 Å². The average Bonchev–Trinajstić information content (AvgIpc) is 2.47. The summed E-state index contributed by atoms with van der Waals surface area (Å²) in [4.78, 5) is 15.6. The van der Waals surface area contributed by atoms with Crippen molar-refractivity contribution in [3.05, 3.63) is 59.9 Å². The number of hydrogen-bond donors (Lipinski definition) is 0. The highest BCUT2D eigenvalue weighted by atomic mass is 16.5. The lowest BCUT2D eigenvalue weighted by Gasteiger charge is -2.09. The van der Waals surface area contributed by atoms with Crippen LogP contribution in [0.1, 0.15) is 22.3 Å². The molecule has 0 radical (unpaired) electrons. The number of nitrogens with zero attached hydrogens (tertiary/aromatic N) is 2. The Morgan fingerprint density at radius 1 is 1.26 bits per heavy atom. The van der Waals surface area contributed by atoms with Crippen LogP contribution in [0.3, 0.4) is 0 Å². The minimum atomic E-state index is -0.279. The van der Waals surface area contributed by atoms with Crippen molar-refractivity contribution < 1.29 is 9.53 Å². The molecule has 0 aliphatic rings. The Bertz CT molecular complexity index is 603. The maximum absolute atomic E-state index is 11.7. The zero-order valence-electron chi connectivity index (χ0n) is 10.2. The van der Waals surface area contributed by atoms with E-state index in [2.05, 4.69) is 4.98 Å². The van der Waals surface area contributed by atoms with Crippen molar-refractivity contribution >= 4 is 5.78 Å². The largest absolute Gasteiger partial charge is 0.488 e. The van der Waals surface area contributed by atoms with Gasteiger partial charge < -0.3 is 4.74 Å². The van der Waals surface area contributed by atoms with Crippen molar-refractivity contribution in [2.45, 2.75) is 13.0 Å². The van der Waals surface area contributed by atoms with Gasteiger partial charge >= 0.3 is 0 Å². The van der Waals surface area contributed by atoms with E-state index in [0.29, 0.717) is 17.9 Å². The number of pyridine rings is 1. The molecule has 4 heteroatoms. The van der Waals surface area contributed by atoms with Crippen molar-refractivity contribution in [3.8, 4) is 11.8 Å². The molecule has 0 bridgehead atoms. The van der Waals surface area contributed by atoms with E-state index in [4.69, 9.17) is 10.00 Å². The number of Topliss-reactive ketones (excluding diaryl/α,β-unsaturated/α-hetero) is 1. The standard InChI is InChI=1S/C15H12N2O2/c16-8-6-14(18)13-10-17-9-7-15(13)19-11-12-4-2-1-3-5-12/h1-5,7,9-10H,6,11H2. The van der Waals surface area contributed by atoms with Gasteiger partial charge in [-0.3, -0.25) is 9.78 Å². The third kappa shape index (κ3) is 3.39. The number of rotatable bonds is 5. The first kappa shape index (κ1) is 12.8. The molecule has 1 aromatic heterocycles. The van der Waals surface area contributed by atoms with Gasteiger partial charge in [0.1, 0.15) is 12.4 Å². The Labute approximate surface area is 111 Å². The van der Waals surface area contributed by atoms with E-state index < -0.39 is 0 Å². The SMILES string of the molecule is N#CCC(=O)c1cnccc1OCc1ccccc1. The summed E-state index contributed by atoms with van der Waals surface area (Å²) in [5.74, 6) is 0.178. The van der Waals surface area contributed by atoms with Crippen LogP contribution in [0.15, 0.2) is 48.8 Å². The second kappa shape index (κ2) is 6.31. The minimum Gasteiger partial charge on any atom is -0.488 e. The van der Waals surface area contributed by atoms with Crippen LogP contribution in [0.25, 0.3) is 0 Å². The van der Waals surface area contributed by atoms with Crippen molar-refractivity contribution in [2.75, 3.05) is 0 Å². The Balaban J connectivity index is 2.12. The predicted octanol–water partition coefficient (Wildman–Crippen LogP) is 2.76. The highest BCUT2D eigenvalue weighted by molar-refractivity contribution is 5.99. The highest BCUT2D eigenvalue weighted by Gasteiger charge is 2.12. The smallest absolute Gasteiger partial charge is 0.182 e. The van der Waals surface area contributed by atoms with Gasteiger partial charge in [-0.05, 0) is 11.6 Å². The minimum absolute atomic E-state index is 0.173. The van der Waals surface area contributed by atoms with Crippen LogP contribution in [0.5, 0.6) is 5.75 Å². The molecule has 0 aliphatic carbocycles. The second-order valence-electron chi connectivity index (χ2n) is 3.90. The molecule has 1 heterocycles. The first-order valence-electron chi connectivity index (χ1n) is 5.82. The van der Waals surface area contributed by atoms with Gasteiger partial charge in [0.05, 0.1) is 18.1 Å². The maximum atomic E-state index is 11.7. The zero-order valence-corrected chi connectivity index (χ0v) is 10.2. The monoisotopic (exact) mass is 252 g/mol. The Hall–Kier alpha value is -2.67. The maximum Gasteiger partial charge on any atom is 0.182 e. The van der Waals surface area contributed by atoms with Crippen molar-refractivity contribution in [1.29, 1.82) is 5.26 Å². The molecule has 2 rings (SSSR count). The Morgan fingerprint density at radius 2 is 2.05 bits per heavy atom. The highest BCUT2D eigenvalue weighted by Crippen LogP contribution is 2.19. The molecule has 2 aromatic rings. The Morgan fingerprint density at radius 3 is 2.79 bits per heavy atom. The molecular formula is C15H12N2O2. The number of ether oxygens (including phenoxy) is 1. The van der Waals surface area contributed by atoms with Gasteiger partial charge in [-0.1, -0.05) is 30.3 Å². The molecular weight excluding hydrogens is 240 g/mol. The Kier molecular flexibility index (Phi) is 4.25. The number of benzene rings is 1. The van der Waals surface area contributed by atoms with Gasteiger partial charge in [-0.2, -0.15) is 5.26 Å². The van der Waals surface area contributed by atoms with Crippen LogP contribution in [0.2, 0.25) is 0 Å². The van der Waals surface area contributed by atoms with E-state index in [1.54, 1.807) is 12.3 Å². The van der Waals surface area contributed by atoms with Crippen LogP contribution < -0.4 is 4.74 Å². The first-order chi connectivity index (χ1) is 9.31. The summed E-state index contributed by atoms with van der Waals surface area (Å²) in [7, 11) is 0. The molecule has 0 saturated heterocycles. The van der Waals surface area contributed by atoms with Crippen LogP contribution in [-0.4, -0.2) is 10.8 Å². The van der Waals surface area contributed by atoms with E-state index in [-0.39, 0.29) is 12.2 Å². The van der Waals surface area contributed by atoms with Crippen LogP contribution in [-0.2, 0) is 6.61 Å². The summed E-state index contributed by atoms with van der Waals surface area (Å²) in [6, 6.07) is 13.1. The molecule has 0 atom stereocenters. The third-order valence-electron chi connectivity index (χ3n) is 2.56. The fraction of sp³-hybridized carbons (Fsp3) is 0.133. The molecule has 0 saturated carbocycles. The predicted molar refractivity (Wildman–Crippen MR) is 69.6 cm³/mol. The normalized spacial score (nSPS) is 9.63. The molecule has 0 spiro atoms. The van der Waals surface area contributed by atoms with Crippen molar-refractivity contribution in [3.63, 3.8) is 0 Å². The average molecular weight is 252 g/mol. The quantitative estimate of drug-likeness (QED) is 0.767. The first-order valence-corrected chi connectivity index (χ1v) is 5.82. The van der Waals surface area contributed by atoms with Crippen LogP contribution >= 0.6 is 0 Å². The van der Waals surface area contributed by atoms with Gasteiger partial charge in [0.25, 0.3) is 0 Å². The lowest BCUT2D eigenvalue weighted by Crippen LogP contribution is -2.04. The summed E-state index contributed by atoms with van der Waals surface area (Å²) in [5, 5.41) is 8.56. The van der Waals surface area contributed by atoms with E-state index >= 15 is 0 Å². The van der Waals surface area contributed by atoms with Crippen LogP contribution in [0.4, 0.5) is 0 Å². The van der Waals surface area contributed by atoms with Gasteiger partial charge in [-0.25, -0.2) is 0 Å². The molecule has 0 aliphatic heterocycles. The molecule has 0 fully saturated rings. The number of carbonyl (C=O) groups is 1. The summed E-state index contributed by atoms with van der Waals surface area (Å²) >= 11 is 0. The molecule has 94 valence electrons. The number of carbonyl (C=O) groups excluding carboxylic acids is 1. The van der Waals surface area contributed by atoms with E-state index in [1.165, 1.54) is 6.20 Å². The molecule has 1 aromatic carbocycles. The van der Waals surface area contributed by atoms with Gasteiger partial charge in [-0.15, -0.1) is 0 Å². The van der Waals surface area contributed by atoms with Gasteiger partial charge in [0, 0.05) is 12.4 Å². The summed E-state index contributed by atoms with van der Waals surface area (Å²) in [5.41, 5.74) is 1.36. The van der Waals surface area contributed by atoms with E-state index in [1.807, 2.05) is 36.4 Å². The number of aromatic nitrogens is 1. The number of nitriles is 1. The molecule has 0 amide bonds. The topological polar surface area (TPSA) is 63.0 Å². The molecule has 0 N–H and O–H groups in total. The van der Waals surface area contributed by atoms with E-state index in [0.717, 1.165) is 5.56 Å². The molecule has 0 unspecified atom stereocenters. The van der Waals surface area contributed by atoms with Gasteiger partial charge in [0.2, 0.25) is 0 Å². The lowest BCUT2D eigenvalue weighted by atomic mass is 10.1. The molecule has 4 nitrogen and oxygen atoms in total. The van der Waals surface area contributed by atoms with Crippen molar-refractivity contribution in [2.24, 2.45) is 0 Å². The summed E-state index contributed by atoms with van der Waals surface area (Å²) < 4.78 is 5.62.